The van der Waals surface area contributed by atoms with E-state index in [0.29, 0.717) is 10.7 Å². The highest BCUT2D eigenvalue weighted by Gasteiger charge is 2.08. The molecule has 0 aliphatic heterocycles. The molecule has 0 bridgehead atoms. The second-order valence-corrected chi connectivity index (χ2v) is 3.59. The first kappa shape index (κ1) is 10.1. The zero-order valence-corrected chi connectivity index (χ0v) is 8.79. The highest BCUT2D eigenvalue weighted by molar-refractivity contribution is 6.32. The van der Waals surface area contributed by atoms with E-state index in [1.807, 2.05) is 6.92 Å². The Morgan fingerprint density at radius 2 is 2.13 bits per heavy atom. The van der Waals surface area contributed by atoms with E-state index in [1.165, 1.54) is 24.7 Å². The smallest absolute Gasteiger partial charge is 0.123 e. The number of hydrogen-bond acceptors (Lipinski definition) is 2. The fraction of sp³-hybridized carbons (Fsp3) is 0.0909. The third-order valence-electron chi connectivity index (χ3n) is 2.11. The molecule has 0 amide bonds. The van der Waals surface area contributed by atoms with E-state index in [0.717, 1.165) is 11.1 Å². The van der Waals surface area contributed by atoms with Crippen molar-refractivity contribution in [3.63, 3.8) is 0 Å². The van der Waals surface area contributed by atoms with E-state index in [1.54, 1.807) is 6.07 Å². The lowest BCUT2D eigenvalue weighted by Crippen LogP contribution is -1.90. The minimum atomic E-state index is -0.263. The molecule has 0 fully saturated rings. The fourth-order valence-corrected chi connectivity index (χ4v) is 1.61. The summed E-state index contributed by atoms with van der Waals surface area (Å²) in [5.41, 5.74) is 2.25. The Balaban J connectivity index is 2.60. The minimum absolute atomic E-state index is 0.263. The third kappa shape index (κ3) is 1.97. The van der Waals surface area contributed by atoms with Gasteiger partial charge >= 0.3 is 0 Å². The number of nitrogens with zero attached hydrogens (tertiary/aromatic N) is 2. The number of aryl methyl sites for hydroxylation is 1. The van der Waals surface area contributed by atoms with Gasteiger partial charge < -0.3 is 0 Å². The van der Waals surface area contributed by atoms with Crippen molar-refractivity contribution in [1.82, 2.24) is 9.97 Å². The molecule has 1 heterocycles. The molecule has 4 heteroatoms. The van der Waals surface area contributed by atoms with Crippen LogP contribution < -0.4 is 0 Å². The SMILES string of the molecule is Cc1cc(F)ccc1-c1ncncc1Cl. The summed E-state index contributed by atoms with van der Waals surface area (Å²) >= 11 is 5.95. The van der Waals surface area contributed by atoms with E-state index in [9.17, 15) is 4.39 Å². The molecule has 2 rings (SSSR count). The largest absolute Gasteiger partial charge is 0.243 e. The quantitative estimate of drug-likeness (QED) is 0.740. The molecule has 2 aromatic rings. The molecule has 1 aromatic carbocycles. The molecule has 0 atom stereocenters. The lowest BCUT2D eigenvalue weighted by molar-refractivity contribution is 0.627. The van der Waals surface area contributed by atoms with Gasteiger partial charge in [-0.2, -0.15) is 0 Å². The zero-order valence-electron chi connectivity index (χ0n) is 8.04. The Kier molecular flexibility index (Phi) is 2.64. The molecule has 2 nitrogen and oxygen atoms in total. The predicted octanol–water partition coefficient (Wildman–Crippen LogP) is 3.24. The average Bonchev–Trinajstić information content (AvgIpc) is 2.20. The molecule has 0 saturated heterocycles. The summed E-state index contributed by atoms with van der Waals surface area (Å²) in [4.78, 5) is 7.87. The molecule has 15 heavy (non-hydrogen) atoms. The first-order valence-electron chi connectivity index (χ1n) is 4.40. The summed E-state index contributed by atoms with van der Waals surface area (Å²) in [6, 6.07) is 4.51. The Bertz CT molecular complexity index is 500. The topological polar surface area (TPSA) is 25.8 Å². The van der Waals surface area contributed by atoms with Crippen LogP contribution >= 0.6 is 11.6 Å². The van der Waals surface area contributed by atoms with Gasteiger partial charge in [-0.3, -0.25) is 0 Å². The van der Waals surface area contributed by atoms with E-state index >= 15 is 0 Å². The maximum Gasteiger partial charge on any atom is 0.123 e. The van der Waals surface area contributed by atoms with Crippen molar-refractivity contribution in [3.05, 3.63) is 47.1 Å². The monoisotopic (exact) mass is 222 g/mol. The van der Waals surface area contributed by atoms with Crippen molar-refractivity contribution in [3.8, 4) is 11.3 Å². The summed E-state index contributed by atoms with van der Waals surface area (Å²) in [7, 11) is 0. The van der Waals surface area contributed by atoms with Crippen molar-refractivity contribution in [2.24, 2.45) is 0 Å². The number of halogens is 2. The average molecular weight is 223 g/mol. The van der Waals surface area contributed by atoms with E-state index in [4.69, 9.17) is 11.6 Å². The van der Waals surface area contributed by atoms with Gasteiger partial charge in [0.15, 0.2) is 0 Å². The van der Waals surface area contributed by atoms with Crippen LogP contribution in [0, 0.1) is 12.7 Å². The second kappa shape index (κ2) is 3.95. The Labute approximate surface area is 91.8 Å². The zero-order chi connectivity index (χ0) is 10.8. The van der Waals surface area contributed by atoms with Crippen LogP contribution in [-0.2, 0) is 0 Å². The maximum atomic E-state index is 12.9. The number of hydrogen-bond donors (Lipinski definition) is 0. The van der Waals surface area contributed by atoms with E-state index in [2.05, 4.69) is 9.97 Å². The molecular formula is C11H8ClFN2. The summed E-state index contributed by atoms with van der Waals surface area (Å²) < 4.78 is 12.9. The van der Waals surface area contributed by atoms with Gasteiger partial charge in [-0.15, -0.1) is 0 Å². The standard InChI is InChI=1S/C11H8ClFN2/c1-7-4-8(13)2-3-9(7)11-10(12)5-14-6-15-11/h2-6H,1H3. The first-order valence-corrected chi connectivity index (χ1v) is 4.78. The lowest BCUT2D eigenvalue weighted by atomic mass is 10.1. The second-order valence-electron chi connectivity index (χ2n) is 3.18. The maximum absolute atomic E-state index is 12.9. The summed E-state index contributed by atoms with van der Waals surface area (Å²) in [6.45, 7) is 1.82. The molecular weight excluding hydrogens is 215 g/mol. The van der Waals surface area contributed by atoms with Gasteiger partial charge in [0.05, 0.1) is 10.7 Å². The summed E-state index contributed by atoms with van der Waals surface area (Å²) in [5, 5.41) is 0.465. The highest BCUT2D eigenvalue weighted by Crippen LogP contribution is 2.27. The van der Waals surface area contributed by atoms with Gasteiger partial charge in [-0.05, 0) is 30.7 Å². The van der Waals surface area contributed by atoms with E-state index < -0.39 is 0 Å². The van der Waals surface area contributed by atoms with Gasteiger partial charge in [0.1, 0.15) is 12.1 Å². The Morgan fingerprint density at radius 3 is 2.80 bits per heavy atom. The van der Waals surface area contributed by atoms with Crippen LogP contribution in [0.25, 0.3) is 11.3 Å². The molecule has 76 valence electrons. The number of benzene rings is 1. The summed E-state index contributed by atoms with van der Waals surface area (Å²) in [5.74, 6) is -0.263. The summed E-state index contributed by atoms with van der Waals surface area (Å²) in [6.07, 6.45) is 2.94. The van der Waals surface area contributed by atoms with Gasteiger partial charge in [-0.25, -0.2) is 14.4 Å². The van der Waals surface area contributed by atoms with Crippen LogP contribution in [0.1, 0.15) is 5.56 Å². The van der Waals surface area contributed by atoms with Crippen molar-refractivity contribution in [2.45, 2.75) is 6.92 Å². The van der Waals surface area contributed by atoms with Crippen LogP contribution in [0.15, 0.2) is 30.7 Å². The first-order chi connectivity index (χ1) is 7.18. The minimum Gasteiger partial charge on any atom is -0.243 e. The van der Waals surface area contributed by atoms with Crippen molar-refractivity contribution >= 4 is 11.6 Å². The lowest BCUT2D eigenvalue weighted by Gasteiger charge is -2.05. The molecule has 1 aromatic heterocycles. The van der Waals surface area contributed by atoms with Crippen LogP contribution in [0.3, 0.4) is 0 Å². The Hall–Kier alpha value is -1.48. The van der Waals surface area contributed by atoms with E-state index in [-0.39, 0.29) is 5.82 Å². The van der Waals surface area contributed by atoms with Crippen molar-refractivity contribution in [1.29, 1.82) is 0 Å². The van der Waals surface area contributed by atoms with Crippen LogP contribution in [0.2, 0.25) is 5.02 Å². The van der Waals surface area contributed by atoms with Gasteiger partial charge in [-0.1, -0.05) is 11.6 Å². The number of aromatic nitrogens is 2. The third-order valence-corrected chi connectivity index (χ3v) is 2.39. The molecule has 0 unspecified atom stereocenters. The number of rotatable bonds is 1. The highest BCUT2D eigenvalue weighted by atomic mass is 35.5. The van der Waals surface area contributed by atoms with Gasteiger partial charge in [0.2, 0.25) is 0 Å². The van der Waals surface area contributed by atoms with Crippen molar-refractivity contribution in [2.75, 3.05) is 0 Å². The van der Waals surface area contributed by atoms with Crippen molar-refractivity contribution < 1.29 is 4.39 Å². The molecule has 0 spiro atoms. The molecule has 0 radical (unpaired) electrons. The van der Waals surface area contributed by atoms with Gasteiger partial charge in [0.25, 0.3) is 0 Å². The van der Waals surface area contributed by atoms with Gasteiger partial charge in [0, 0.05) is 11.8 Å². The normalized spacial score (nSPS) is 10.3. The predicted molar refractivity (Wildman–Crippen MR) is 57.2 cm³/mol. The molecule has 0 saturated carbocycles. The molecule has 0 aliphatic rings. The fourth-order valence-electron chi connectivity index (χ4n) is 1.40. The van der Waals surface area contributed by atoms with Crippen LogP contribution in [0.5, 0.6) is 0 Å². The van der Waals surface area contributed by atoms with Crippen LogP contribution in [-0.4, -0.2) is 9.97 Å². The Morgan fingerprint density at radius 1 is 1.33 bits per heavy atom. The molecule has 0 N–H and O–H groups in total. The molecule has 0 aliphatic carbocycles. The van der Waals surface area contributed by atoms with Crippen LogP contribution in [0.4, 0.5) is 4.39 Å².